The van der Waals surface area contributed by atoms with E-state index in [1.54, 1.807) is 0 Å². The van der Waals surface area contributed by atoms with E-state index in [-0.39, 0.29) is 22.6 Å². The van der Waals surface area contributed by atoms with Crippen molar-refractivity contribution >= 4 is 10.9 Å². The van der Waals surface area contributed by atoms with E-state index in [4.69, 9.17) is 0 Å². The lowest BCUT2D eigenvalue weighted by molar-refractivity contribution is -0.137. The number of fused-ring (bicyclic) bond motifs is 1. The Morgan fingerprint density at radius 1 is 1.35 bits per heavy atom. The molecule has 4 nitrogen and oxygen atoms in total. The minimum Gasteiger partial charge on any atom is -0.297 e. The van der Waals surface area contributed by atoms with Crippen LogP contribution in [0.5, 0.6) is 0 Å². The fourth-order valence-corrected chi connectivity index (χ4v) is 2.44. The maximum atomic E-state index is 12.6. The monoisotopic (exact) mass is 283 g/mol. The molecule has 0 spiro atoms. The van der Waals surface area contributed by atoms with Crippen LogP contribution in [0, 0.1) is 0 Å². The lowest BCUT2D eigenvalue weighted by Crippen LogP contribution is -2.30. The van der Waals surface area contributed by atoms with Crippen molar-refractivity contribution in [1.82, 2.24) is 14.9 Å². The average molecular weight is 283 g/mol. The molecule has 1 aromatic heterocycles. The molecule has 1 unspecified atom stereocenters. The Hall–Kier alpha value is -1.89. The van der Waals surface area contributed by atoms with Gasteiger partial charge in [-0.2, -0.15) is 13.2 Å². The van der Waals surface area contributed by atoms with E-state index in [0.717, 1.165) is 31.5 Å². The van der Waals surface area contributed by atoms with E-state index in [2.05, 4.69) is 10.3 Å². The van der Waals surface area contributed by atoms with Crippen molar-refractivity contribution in [1.29, 1.82) is 0 Å². The van der Waals surface area contributed by atoms with Crippen LogP contribution in [0.1, 0.15) is 24.6 Å². The zero-order valence-corrected chi connectivity index (χ0v) is 10.4. The van der Waals surface area contributed by atoms with Crippen molar-refractivity contribution in [3.05, 3.63) is 40.4 Å². The molecule has 0 aliphatic carbocycles. The highest BCUT2D eigenvalue weighted by molar-refractivity contribution is 5.78. The van der Waals surface area contributed by atoms with Crippen molar-refractivity contribution in [2.24, 2.45) is 0 Å². The summed E-state index contributed by atoms with van der Waals surface area (Å²) in [6.45, 7) is 0.822. The first-order chi connectivity index (χ1) is 9.47. The van der Waals surface area contributed by atoms with Crippen LogP contribution in [0.15, 0.2) is 29.3 Å². The highest BCUT2D eigenvalue weighted by Gasteiger charge is 2.31. The summed E-state index contributed by atoms with van der Waals surface area (Å²) in [4.78, 5) is 16.3. The summed E-state index contributed by atoms with van der Waals surface area (Å²) in [6.07, 6.45) is -1.47. The number of hydrogen-bond acceptors (Lipinski definition) is 3. The van der Waals surface area contributed by atoms with Crippen molar-refractivity contribution in [2.75, 3.05) is 6.54 Å². The Balaban J connectivity index is 2.12. The van der Waals surface area contributed by atoms with Crippen LogP contribution in [0.25, 0.3) is 10.9 Å². The molecular weight excluding hydrogens is 271 g/mol. The van der Waals surface area contributed by atoms with Crippen LogP contribution in [0.3, 0.4) is 0 Å². The van der Waals surface area contributed by atoms with Gasteiger partial charge < -0.3 is 0 Å². The summed E-state index contributed by atoms with van der Waals surface area (Å²) in [6, 6.07) is 3.01. The van der Waals surface area contributed by atoms with Gasteiger partial charge in [-0.1, -0.05) is 0 Å². The van der Waals surface area contributed by atoms with Gasteiger partial charge in [0.25, 0.3) is 5.56 Å². The molecule has 1 saturated heterocycles. The summed E-state index contributed by atoms with van der Waals surface area (Å²) in [5.74, 6) is 0. The Bertz CT molecular complexity index is 702. The Kier molecular flexibility index (Phi) is 3.01. The number of benzene rings is 1. The van der Waals surface area contributed by atoms with Gasteiger partial charge in [0.1, 0.15) is 0 Å². The molecule has 3 rings (SSSR count). The molecule has 1 aliphatic heterocycles. The molecule has 1 N–H and O–H groups in total. The van der Waals surface area contributed by atoms with Crippen LogP contribution >= 0.6 is 0 Å². The van der Waals surface area contributed by atoms with Crippen LogP contribution in [-0.4, -0.2) is 16.1 Å². The predicted molar refractivity (Wildman–Crippen MR) is 67.3 cm³/mol. The third kappa shape index (κ3) is 2.18. The smallest absolute Gasteiger partial charge is 0.297 e. The minimum absolute atomic E-state index is 0.0686. The maximum absolute atomic E-state index is 12.6. The molecule has 1 aromatic carbocycles. The van der Waals surface area contributed by atoms with E-state index in [1.807, 2.05) is 0 Å². The molecule has 7 heteroatoms. The second kappa shape index (κ2) is 4.59. The number of nitrogens with zero attached hydrogens (tertiary/aromatic N) is 2. The van der Waals surface area contributed by atoms with Gasteiger partial charge in [0, 0.05) is 0 Å². The molecule has 2 aromatic rings. The van der Waals surface area contributed by atoms with Crippen LogP contribution < -0.4 is 10.9 Å². The first kappa shape index (κ1) is 13.1. The largest absolute Gasteiger partial charge is 0.416 e. The van der Waals surface area contributed by atoms with Gasteiger partial charge in [0.05, 0.1) is 29.0 Å². The van der Waals surface area contributed by atoms with Crippen molar-refractivity contribution in [3.8, 4) is 0 Å². The van der Waals surface area contributed by atoms with Gasteiger partial charge in [0.2, 0.25) is 0 Å². The predicted octanol–water partition coefficient (Wildman–Crippen LogP) is 2.30. The second-order valence-electron chi connectivity index (χ2n) is 4.80. The number of aromatic nitrogens is 2. The zero-order valence-electron chi connectivity index (χ0n) is 10.4. The lowest BCUT2D eigenvalue weighted by Gasteiger charge is -2.14. The van der Waals surface area contributed by atoms with E-state index in [1.165, 1.54) is 17.0 Å². The number of hydrogen-bond donors (Lipinski definition) is 1. The molecule has 1 fully saturated rings. The molecule has 1 aliphatic rings. The Labute approximate surface area is 112 Å². The van der Waals surface area contributed by atoms with E-state index in [0.29, 0.717) is 0 Å². The highest BCUT2D eigenvalue weighted by atomic mass is 19.4. The molecule has 1 atom stereocenters. The van der Waals surface area contributed by atoms with Gasteiger partial charge in [0.15, 0.2) is 0 Å². The molecule has 20 heavy (non-hydrogen) atoms. The molecular formula is C13H12F3N3O. The van der Waals surface area contributed by atoms with Gasteiger partial charge in [-0.25, -0.2) is 4.98 Å². The molecule has 0 amide bonds. The summed E-state index contributed by atoms with van der Waals surface area (Å²) >= 11 is 0. The number of halogens is 3. The van der Waals surface area contributed by atoms with Crippen molar-refractivity contribution in [3.63, 3.8) is 0 Å². The standard InChI is InChI=1S/C13H12F3N3O/c14-13(15,16)8-3-4-9-10(6-8)18-7-19(12(9)20)11-2-1-5-17-11/h3-4,6-7,11,17H,1-2,5H2. The summed E-state index contributed by atoms with van der Waals surface area (Å²) < 4.78 is 39.3. The van der Waals surface area contributed by atoms with Gasteiger partial charge >= 0.3 is 6.18 Å². The van der Waals surface area contributed by atoms with Crippen molar-refractivity contribution < 1.29 is 13.2 Å². The van der Waals surface area contributed by atoms with Crippen LogP contribution in [0.2, 0.25) is 0 Å². The Morgan fingerprint density at radius 2 is 2.15 bits per heavy atom. The van der Waals surface area contributed by atoms with Gasteiger partial charge in [-0.15, -0.1) is 0 Å². The normalized spacial score (nSPS) is 19.6. The number of alkyl halides is 3. The topological polar surface area (TPSA) is 46.9 Å². The molecule has 0 bridgehead atoms. The molecule has 2 heterocycles. The molecule has 106 valence electrons. The average Bonchev–Trinajstić information content (AvgIpc) is 2.91. The fourth-order valence-electron chi connectivity index (χ4n) is 2.44. The van der Waals surface area contributed by atoms with Gasteiger partial charge in [-0.3, -0.25) is 14.7 Å². The third-order valence-corrected chi connectivity index (χ3v) is 3.48. The van der Waals surface area contributed by atoms with Gasteiger partial charge in [-0.05, 0) is 37.6 Å². The summed E-state index contributed by atoms with van der Waals surface area (Å²) in [5, 5.41) is 3.36. The van der Waals surface area contributed by atoms with E-state index >= 15 is 0 Å². The quantitative estimate of drug-likeness (QED) is 0.873. The van der Waals surface area contributed by atoms with Crippen LogP contribution in [-0.2, 0) is 6.18 Å². The third-order valence-electron chi connectivity index (χ3n) is 3.48. The lowest BCUT2D eigenvalue weighted by atomic mass is 10.1. The zero-order chi connectivity index (χ0) is 14.3. The summed E-state index contributed by atoms with van der Waals surface area (Å²) in [5.41, 5.74) is -1.05. The van der Waals surface area contributed by atoms with E-state index in [9.17, 15) is 18.0 Å². The second-order valence-corrected chi connectivity index (χ2v) is 4.80. The number of rotatable bonds is 1. The number of nitrogens with one attached hydrogen (secondary N) is 1. The first-order valence-electron chi connectivity index (χ1n) is 6.28. The van der Waals surface area contributed by atoms with Crippen molar-refractivity contribution in [2.45, 2.75) is 25.2 Å². The highest BCUT2D eigenvalue weighted by Crippen LogP contribution is 2.30. The maximum Gasteiger partial charge on any atom is 0.416 e. The minimum atomic E-state index is -4.43. The summed E-state index contributed by atoms with van der Waals surface area (Å²) in [7, 11) is 0. The fraction of sp³-hybridized carbons (Fsp3) is 0.385. The SMILES string of the molecule is O=c1c2ccc(C(F)(F)F)cc2ncn1C1CCCN1. The van der Waals surface area contributed by atoms with E-state index < -0.39 is 11.7 Å². The Morgan fingerprint density at radius 3 is 2.80 bits per heavy atom. The van der Waals surface area contributed by atoms with Crippen LogP contribution in [0.4, 0.5) is 13.2 Å². The molecule has 0 saturated carbocycles. The molecule has 0 radical (unpaired) electrons. The first-order valence-corrected chi connectivity index (χ1v) is 6.28.